The number of carbonyl (C=O) groups is 2. The number of Topliss-reactive ketones (excluding diaryl/α,β-unsaturated/α-hetero) is 1. The fraction of sp³-hybridized carbons (Fsp3) is 0.385. The van der Waals surface area contributed by atoms with Crippen molar-refractivity contribution in [1.82, 2.24) is 5.32 Å². The zero-order chi connectivity index (χ0) is 13.2. The molecule has 1 fully saturated rings. The maximum absolute atomic E-state index is 12.2. The minimum absolute atomic E-state index is 0.374. The molecule has 0 radical (unpaired) electrons. The van der Waals surface area contributed by atoms with Crippen LogP contribution in [0.1, 0.15) is 24.8 Å². The van der Waals surface area contributed by atoms with Crippen molar-refractivity contribution in [3.63, 3.8) is 0 Å². The first-order valence-electron chi connectivity index (χ1n) is 5.85. The summed E-state index contributed by atoms with van der Waals surface area (Å²) in [4.78, 5) is 23.2. The van der Waals surface area contributed by atoms with E-state index in [1.807, 2.05) is 0 Å². The maximum Gasteiger partial charge on any atom is 0.405 e. The van der Waals surface area contributed by atoms with Gasteiger partial charge < -0.3 is 15.5 Å². The highest BCUT2D eigenvalue weighted by molar-refractivity contribution is 5.96. The lowest BCUT2D eigenvalue weighted by atomic mass is 9.74. The molecule has 96 valence electrons. The molecule has 0 aromatic heterocycles. The lowest BCUT2D eigenvalue weighted by Crippen LogP contribution is -2.57. The summed E-state index contributed by atoms with van der Waals surface area (Å²) in [6.45, 7) is 0. The van der Waals surface area contributed by atoms with E-state index in [0.29, 0.717) is 24.8 Å². The molecule has 3 N–H and O–H groups in total. The third kappa shape index (κ3) is 2.09. The number of carboxylic acid groups (broad SMARTS) is 1. The van der Waals surface area contributed by atoms with E-state index in [1.165, 1.54) is 0 Å². The second-order valence-corrected chi connectivity index (χ2v) is 4.47. The van der Waals surface area contributed by atoms with Crippen molar-refractivity contribution in [3.05, 3.63) is 35.9 Å². The van der Waals surface area contributed by atoms with Crippen molar-refractivity contribution >= 4 is 11.9 Å². The van der Waals surface area contributed by atoms with Crippen LogP contribution in [-0.4, -0.2) is 28.2 Å². The Bertz CT molecular complexity index is 459. The molecular formula is C13H15NO4. The number of carbonyl (C=O) groups excluding carboxylic acids is 1. The Hall–Kier alpha value is -1.88. The predicted molar refractivity (Wildman–Crippen MR) is 64.1 cm³/mol. The molecule has 2 rings (SSSR count). The summed E-state index contributed by atoms with van der Waals surface area (Å²) in [5.41, 5.74) is -0.735. The number of ketones is 1. The Morgan fingerprint density at radius 3 is 2.61 bits per heavy atom. The van der Waals surface area contributed by atoms with Gasteiger partial charge in [-0.05, 0) is 24.8 Å². The van der Waals surface area contributed by atoms with Gasteiger partial charge in [0.05, 0.1) is 0 Å². The SMILES string of the molecule is O=C(O)N[C@@]1(c2ccccc2)CCC[C@@H](O)C1=O. The van der Waals surface area contributed by atoms with Crippen LogP contribution in [-0.2, 0) is 10.3 Å². The lowest BCUT2D eigenvalue weighted by Gasteiger charge is -2.37. The second kappa shape index (κ2) is 4.78. The van der Waals surface area contributed by atoms with Crippen LogP contribution < -0.4 is 5.32 Å². The molecule has 1 amide bonds. The summed E-state index contributed by atoms with van der Waals surface area (Å²) in [5.74, 6) is -0.470. The molecule has 0 aliphatic heterocycles. The maximum atomic E-state index is 12.2. The Morgan fingerprint density at radius 2 is 2.00 bits per heavy atom. The molecule has 1 aromatic rings. The van der Waals surface area contributed by atoms with Crippen LogP contribution in [0.25, 0.3) is 0 Å². The molecule has 0 unspecified atom stereocenters. The predicted octanol–water partition coefficient (Wildman–Crippen LogP) is 1.26. The molecule has 18 heavy (non-hydrogen) atoms. The molecule has 0 spiro atoms. The molecule has 1 aromatic carbocycles. The second-order valence-electron chi connectivity index (χ2n) is 4.47. The van der Waals surface area contributed by atoms with Crippen LogP contribution >= 0.6 is 0 Å². The van der Waals surface area contributed by atoms with Crippen LogP contribution in [0.3, 0.4) is 0 Å². The fourth-order valence-electron chi connectivity index (χ4n) is 2.49. The first-order chi connectivity index (χ1) is 8.56. The van der Waals surface area contributed by atoms with Gasteiger partial charge in [0.25, 0.3) is 0 Å². The topological polar surface area (TPSA) is 86.6 Å². The van der Waals surface area contributed by atoms with Crippen LogP contribution in [0.2, 0.25) is 0 Å². The number of nitrogens with one attached hydrogen (secondary N) is 1. The van der Waals surface area contributed by atoms with Gasteiger partial charge in [0.15, 0.2) is 5.78 Å². The quantitative estimate of drug-likeness (QED) is 0.736. The van der Waals surface area contributed by atoms with Crippen LogP contribution in [0.15, 0.2) is 30.3 Å². The van der Waals surface area contributed by atoms with Gasteiger partial charge in [-0.1, -0.05) is 30.3 Å². The highest BCUT2D eigenvalue weighted by Crippen LogP contribution is 2.34. The molecule has 1 saturated carbocycles. The summed E-state index contributed by atoms with van der Waals surface area (Å²) >= 11 is 0. The summed E-state index contributed by atoms with van der Waals surface area (Å²) in [6, 6.07) is 8.68. The molecule has 5 nitrogen and oxygen atoms in total. The minimum Gasteiger partial charge on any atom is -0.465 e. The fourth-order valence-corrected chi connectivity index (χ4v) is 2.49. The average Bonchev–Trinajstić information content (AvgIpc) is 2.35. The van der Waals surface area contributed by atoms with E-state index in [9.17, 15) is 14.7 Å². The molecule has 5 heteroatoms. The highest BCUT2D eigenvalue weighted by atomic mass is 16.4. The van der Waals surface area contributed by atoms with Gasteiger partial charge in [0.1, 0.15) is 11.6 Å². The van der Waals surface area contributed by atoms with Crippen LogP contribution in [0, 0.1) is 0 Å². The number of aliphatic hydroxyl groups is 1. The monoisotopic (exact) mass is 249 g/mol. The zero-order valence-electron chi connectivity index (χ0n) is 9.80. The van der Waals surface area contributed by atoms with Gasteiger partial charge in [0.2, 0.25) is 0 Å². The van der Waals surface area contributed by atoms with Gasteiger partial charge in [-0.2, -0.15) is 0 Å². The van der Waals surface area contributed by atoms with Crippen molar-refractivity contribution in [2.24, 2.45) is 0 Å². The van der Waals surface area contributed by atoms with Crippen LogP contribution in [0.5, 0.6) is 0 Å². The molecule has 0 heterocycles. The first-order valence-corrected chi connectivity index (χ1v) is 5.85. The standard InChI is InChI=1S/C13H15NO4/c15-10-7-4-8-13(11(10)16,14-12(17)18)9-5-2-1-3-6-9/h1-3,5-6,10,14-15H,4,7-8H2,(H,17,18)/t10-,13-/m1/s1. The summed E-state index contributed by atoms with van der Waals surface area (Å²) in [7, 11) is 0. The van der Waals surface area contributed by atoms with Gasteiger partial charge in [-0.25, -0.2) is 4.79 Å². The molecule has 2 atom stereocenters. The molecular weight excluding hydrogens is 234 g/mol. The Labute approximate surface area is 104 Å². The Morgan fingerprint density at radius 1 is 1.33 bits per heavy atom. The number of amides is 1. The van der Waals surface area contributed by atoms with E-state index in [1.54, 1.807) is 30.3 Å². The van der Waals surface area contributed by atoms with Gasteiger partial charge >= 0.3 is 6.09 Å². The number of rotatable bonds is 2. The molecule has 0 saturated heterocycles. The van der Waals surface area contributed by atoms with Gasteiger partial charge in [-0.3, -0.25) is 4.79 Å². The molecule has 1 aliphatic carbocycles. The number of hydrogen-bond donors (Lipinski definition) is 3. The van der Waals surface area contributed by atoms with E-state index in [4.69, 9.17) is 5.11 Å². The smallest absolute Gasteiger partial charge is 0.405 e. The Balaban J connectivity index is 2.46. The summed E-state index contributed by atoms with van der Waals surface area (Å²) in [6.07, 6.45) is -1.01. The zero-order valence-corrected chi connectivity index (χ0v) is 9.80. The minimum atomic E-state index is -1.31. The van der Waals surface area contributed by atoms with Crippen molar-refractivity contribution in [2.45, 2.75) is 30.9 Å². The van der Waals surface area contributed by atoms with E-state index in [0.717, 1.165) is 0 Å². The van der Waals surface area contributed by atoms with E-state index in [2.05, 4.69) is 5.32 Å². The van der Waals surface area contributed by atoms with Gasteiger partial charge in [-0.15, -0.1) is 0 Å². The number of benzene rings is 1. The largest absolute Gasteiger partial charge is 0.465 e. The first kappa shape index (κ1) is 12.6. The average molecular weight is 249 g/mol. The van der Waals surface area contributed by atoms with Crippen LogP contribution in [0.4, 0.5) is 4.79 Å². The van der Waals surface area contributed by atoms with E-state index in [-0.39, 0.29) is 0 Å². The number of hydrogen-bond acceptors (Lipinski definition) is 3. The molecule has 1 aliphatic rings. The number of aliphatic hydroxyl groups excluding tert-OH is 1. The normalized spacial score (nSPS) is 27.8. The van der Waals surface area contributed by atoms with E-state index >= 15 is 0 Å². The summed E-state index contributed by atoms with van der Waals surface area (Å²) < 4.78 is 0. The van der Waals surface area contributed by atoms with Crippen molar-refractivity contribution in [2.75, 3.05) is 0 Å². The Kier molecular flexibility index (Phi) is 3.34. The van der Waals surface area contributed by atoms with Crippen molar-refractivity contribution in [1.29, 1.82) is 0 Å². The third-order valence-corrected chi connectivity index (χ3v) is 3.34. The summed E-state index contributed by atoms with van der Waals surface area (Å²) in [5, 5.41) is 21.0. The van der Waals surface area contributed by atoms with Gasteiger partial charge in [0, 0.05) is 0 Å². The molecule has 0 bridgehead atoms. The highest BCUT2D eigenvalue weighted by Gasteiger charge is 2.46. The third-order valence-electron chi connectivity index (χ3n) is 3.34. The van der Waals surface area contributed by atoms with Crippen molar-refractivity contribution < 1.29 is 19.8 Å². The van der Waals surface area contributed by atoms with E-state index < -0.39 is 23.5 Å². The van der Waals surface area contributed by atoms with Crippen molar-refractivity contribution in [3.8, 4) is 0 Å². The lowest BCUT2D eigenvalue weighted by molar-refractivity contribution is -0.137.